The molecule has 2 aromatic rings. The van der Waals surface area contributed by atoms with Crippen LogP contribution in [0.3, 0.4) is 0 Å². The van der Waals surface area contributed by atoms with Gasteiger partial charge >= 0.3 is 0 Å². The first-order chi connectivity index (χ1) is 5.77. The summed E-state index contributed by atoms with van der Waals surface area (Å²) in [7, 11) is 0. The van der Waals surface area contributed by atoms with Gasteiger partial charge in [0.1, 0.15) is 0 Å². The number of anilines is 1. The second-order valence-corrected chi connectivity index (χ2v) is 2.98. The van der Waals surface area contributed by atoms with Crippen molar-refractivity contribution < 1.29 is 0 Å². The van der Waals surface area contributed by atoms with Gasteiger partial charge in [0.15, 0.2) is 0 Å². The number of rotatable bonds is 0. The van der Waals surface area contributed by atoms with E-state index in [-0.39, 0.29) is 0 Å². The molecule has 0 aliphatic heterocycles. The van der Waals surface area contributed by atoms with Crippen LogP contribution in [0.2, 0.25) is 5.02 Å². The van der Waals surface area contributed by atoms with Gasteiger partial charge in [0.2, 0.25) is 0 Å². The zero-order valence-electron chi connectivity index (χ0n) is 6.29. The maximum absolute atomic E-state index is 5.93. The molecule has 2 rings (SSSR count). The predicted molar refractivity (Wildman–Crippen MR) is 51.2 cm³/mol. The molecule has 0 bridgehead atoms. The van der Waals surface area contributed by atoms with Crippen LogP contribution < -0.4 is 5.73 Å². The topological polar surface area (TPSA) is 38.9 Å². The summed E-state index contributed by atoms with van der Waals surface area (Å²) in [5.41, 5.74) is 7.13. The molecule has 1 aromatic carbocycles. The van der Waals surface area contributed by atoms with Gasteiger partial charge in [-0.25, -0.2) is 0 Å². The number of fused-ring (bicyclic) bond motifs is 1. The third-order valence-electron chi connectivity index (χ3n) is 1.71. The summed E-state index contributed by atoms with van der Waals surface area (Å²) in [5.74, 6) is 0. The van der Waals surface area contributed by atoms with Crippen molar-refractivity contribution in [2.75, 3.05) is 5.73 Å². The Balaban J connectivity index is 2.86. The van der Waals surface area contributed by atoms with Crippen LogP contribution in [-0.4, -0.2) is 4.98 Å². The lowest BCUT2D eigenvalue weighted by atomic mass is 10.2. The fourth-order valence-electron chi connectivity index (χ4n) is 1.13. The van der Waals surface area contributed by atoms with Crippen LogP contribution >= 0.6 is 11.6 Å². The van der Waals surface area contributed by atoms with E-state index >= 15 is 0 Å². The van der Waals surface area contributed by atoms with Gasteiger partial charge < -0.3 is 5.73 Å². The van der Waals surface area contributed by atoms with E-state index in [1.165, 1.54) is 0 Å². The number of hydrogen-bond donors (Lipinski definition) is 1. The quantitative estimate of drug-likeness (QED) is 0.630. The van der Waals surface area contributed by atoms with Crippen molar-refractivity contribution in [3.63, 3.8) is 0 Å². The summed E-state index contributed by atoms with van der Waals surface area (Å²) in [6, 6.07) is 7.26. The Morgan fingerprint density at radius 1 is 1.25 bits per heavy atom. The molecule has 0 aliphatic carbocycles. The molecule has 0 spiro atoms. The average molecular weight is 179 g/mol. The van der Waals surface area contributed by atoms with E-state index in [0.717, 1.165) is 10.9 Å². The molecule has 2 nitrogen and oxygen atoms in total. The standard InChI is InChI=1S/C9H7ClN2/c10-8-3-4-12-9-5-6(11)1-2-7(8)9/h1-5H,11H2. The normalized spacial score (nSPS) is 10.4. The molecule has 0 aliphatic rings. The third kappa shape index (κ3) is 1.10. The molecule has 2 N–H and O–H groups in total. The molecular formula is C9H7ClN2. The largest absolute Gasteiger partial charge is 0.399 e. The SMILES string of the molecule is Nc1ccc2c(Cl)ccnc2c1. The highest BCUT2D eigenvalue weighted by Crippen LogP contribution is 2.22. The van der Waals surface area contributed by atoms with E-state index in [9.17, 15) is 0 Å². The number of aromatic nitrogens is 1. The number of halogens is 1. The van der Waals surface area contributed by atoms with Crippen LogP contribution in [0.25, 0.3) is 10.9 Å². The molecule has 0 unspecified atom stereocenters. The van der Waals surface area contributed by atoms with Crippen LogP contribution in [0.4, 0.5) is 5.69 Å². The van der Waals surface area contributed by atoms with E-state index in [0.29, 0.717) is 10.7 Å². The maximum atomic E-state index is 5.93. The van der Waals surface area contributed by atoms with Crippen molar-refractivity contribution in [1.29, 1.82) is 0 Å². The van der Waals surface area contributed by atoms with Crippen molar-refractivity contribution in [3.05, 3.63) is 35.5 Å². The molecular weight excluding hydrogens is 172 g/mol. The third-order valence-corrected chi connectivity index (χ3v) is 2.04. The van der Waals surface area contributed by atoms with Crippen molar-refractivity contribution in [2.24, 2.45) is 0 Å². The first-order valence-corrected chi connectivity index (χ1v) is 3.95. The molecule has 1 heterocycles. The van der Waals surface area contributed by atoms with Crippen LogP contribution in [0, 0.1) is 0 Å². The minimum atomic E-state index is 0.706. The summed E-state index contributed by atoms with van der Waals surface area (Å²) < 4.78 is 0. The highest BCUT2D eigenvalue weighted by molar-refractivity contribution is 6.35. The minimum absolute atomic E-state index is 0.706. The number of hydrogen-bond acceptors (Lipinski definition) is 2. The van der Waals surface area contributed by atoms with Gasteiger partial charge in [0.25, 0.3) is 0 Å². The van der Waals surface area contributed by atoms with E-state index < -0.39 is 0 Å². The Hall–Kier alpha value is -1.28. The molecule has 60 valence electrons. The van der Waals surface area contributed by atoms with Crippen LogP contribution in [0.1, 0.15) is 0 Å². The van der Waals surface area contributed by atoms with Gasteiger partial charge in [-0.2, -0.15) is 0 Å². The van der Waals surface area contributed by atoms with Crippen molar-refractivity contribution in [3.8, 4) is 0 Å². The fourth-order valence-corrected chi connectivity index (χ4v) is 1.35. The molecule has 0 saturated heterocycles. The minimum Gasteiger partial charge on any atom is -0.399 e. The Bertz CT molecular complexity index is 426. The van der Waals surface area contributed by atoms with Crippen LogP contribution in [0.5, 0.6) is 0 Å². The maximum Gasteiger partial charge on any atom is 0.0737 e. The summed E-state index contributed by atoms with van der Waals surface area (Å²) in [6.45, 7) is 0. The molecule has 3 heteroatoms. The number of nitrogens with two attached hydrogens (primary N) is 1. The molecule has 0 radical (unpaired) electrons. The van der Waals surface area contributed by atoms with Crippen molar-refractivity contribution >= 4 is 28.2 Å². The summed E-state index contributed by atoms with van der Waals surface area (Å²) in [6.07, 6.45) is 1.67. The Kier molecular flexibility index (Phi) is 1.62. The lowest BCUT2D eigenvalue weighted by molar-refractivity contribution is 1.41. The van der Waals surface area contributed by atoms with Gasteiger partial charge in [0, 0.05) is 17.3 Å². The Morgan fingerprint density at radius 2 is 2.08 bits per heavy atom. The Morgan fingerprint density at radius 3 is 2.92 bits per heavy atom. The van der Waals surface area contributed by atoms with Crippen molar-refractivity contribution in [1.82, 2.24) is 4.98 Å². The summed E-state index contributed by atoms with van der Waals surface area (Å²) >= 11 is 5.93. The van der Waals surface area contributed by atoms with E-state index in [4.69, 9.17) is 17.3 Å². The van der Waals surface area contributed by atoms with Gasteiger partial charge in [0.05, 0.1) is 10.5 Å². The molecule has 0 fully saturated rings. The highest BCUT2D eigenvalue weighted by atomic mass is 35.5. The van der Waals surface area contributed by atoms with Crippen molar-refractivity contribution in [2.45, 2.75) is 0 Å². The Labute approximate surface area is 75.0 Å². The number of nitrogen functional groups attached to an aromatic ring is 1. The fraction of sp³-hybridized carbons (Fsp3) is 0. The molecule has 0 amide bonds. The lowest BCUT2D eigenvalue weighted by Gasteiger charge is -1.99. The number of pyridine rings is 1. The number of nitrogens with zero attached hydrogens (tertiary/aromatic N) is 1. The average Bonchev–Trinajstić information content (AvgIpc) is 2.04. The highest BCUT2D eigenvalue weighted by Gasteiger charge is 1.98. The zero-order valence-corrected chi connectivity index (χ0v) is 7.05. The predicted octanol–water partition coefficient (Wildman–Crippen LogP) is 2.47. The van der Waals surface area contributed by atoms with Gasteiger partial charge in [-0.15, -0.1) is 0 Å². The molecule has 0 saturated carbocycles. The smallest absolute Gasteiger partial charge is 0.0737 e. The van der Waals surface area contributed by atoms with Gasteiger partial charge in [-0.3, -0.25) is 4.98 Å². The van der Waals surface area contributed by atoms with E-state index in [2.05, 4.69) is 4.98 Å². The van der Waals surface area contributed by atoms with Crippen LogP contribution in [-0.2, 0) is 0 Å². The zero-order chi connectivity index (χ0) is 8.55. The second kappa shape index (κ2) is 2.64. The molecule has 0 atom stereocenters. The number of benzene rings is 1. The molecule has 1 aromatic heterocycles. The summed E-state index contributed by atoms with van der Waals surface area (Å²) in [4.78, 5) is 4.14. The van der Waals surface area contributed by atoms with Gasteiger partial charge in [-0.05, 0) is 24.3 Å². The lowest BCUT2D eigenvalue weighted by Crippen LogP contribution is -1.85. The monoisotopic (exact) mass is 178 g/mol. The van der Waals surface area contributed by atoms with Gasteiger partial charge in [-0.1, -0.05) is 11.6 Å². The van der Waals surface area contributed by atoms with E-state index in [1.807, 2.05) is 12.1 Å². The van der Waals surface area contributed by atoms with Crippen LogP contribution in [0.15, 0.2) is 30.5 Å². The first kappa shape index (κ1) is 7.37. The summed E-state index contributed by atoms with van der Waals surface area (Å²) in [5, 5.41) is 1.65. The second-order valence-electron chi connectivity index (χ2n) is 2.57. The van der Waals surface area contributed by atoms with E-state index in [1.54, 1.807) is 18.3 Å². The first-order valence-electron chi connectivity index (χ1n) is 3.57. The molecule has 12 heavy (non-hydrogen) atoms.